The lowest BCUT2D eigenvalue weighted by atomic mass is 10.1. The van der Waals surface area contributed by atoms with E-state index in [0.717, 1.165) is 38.0 Å². The number of urea groups is 1. The Morgan fingerprint density at radius 2 is 1.68 bits per heavy atom. The van der Waals surface area contributed by atoms with E-state index < -0.39 is 0 Å². The summed E-state index contributed by atoms with van der Waals surface area (Å²) < 4.78 is 0. The van der Waals surface area contributed by atoms with Crippen molar-refractivity contribution in [3.63, 3.8) is 0 Å². The molecule has 0 atom stereocenters. The van der Waals surface area contributed by atoms with E-state index in [1.54, 1.807) is 0 Å². The van der Waals surface area contributed by atoms with Crippen LogP contribution in [0.1, 0.15) is 50.7 Å². The molecule has 2 N–H and O–H groups in total. The number of carbonyl (C=O) groups is 1. The minimum atomic E-state index is -0.0425. The second-order valence-corrected chi connectivity index (χ2v) is 6.09. The maximum absolute atomic E-state index is 11.8. The highest BCUT2D eigenvalue weighted by atomic mass is 16.2. The Morgan fingerprint density at radius 1 is 1.09 bits per heavy atom. The molecule has 4 heteroatoms. The van der Waals surface area contributed by atoms with Crippen molar-refractivity contribution in [2.24, 2.45) is 0 Å². The number of rotatable bonds is 7. The molecule has 0 aromatic heterocycles. The van der Waals surface area contributed by atoms with Gasteiger partial charge in [-0.1, -0.05) is 51.0 Å². The molecule has 122 valence electrons. The number of amides is 2. The first-order valence-electron chi connectivity index (χ1n) is 8.55. The van der Waals surface area contributed by atoms with Gasteiger partial charge in [-0.05, 0) is 37.1 Å². The van der Waals surface area contributed by atoms with Crippen LogP contribution in [0.5, 0.6) is 0 Å². The van der Waals surface area contributed by atoms with Gasteiger partial charge >= 0.3 is 6.03 Å². The Labute approximate surface area is 134 Å². The van der Waals surface area contributed by atoms with Crippen LogP contribution in [-0.2, 0) is 13.1 Å². The average Bonchev–Trinajstić information content (AvgIpc) is 3.04. The fraction of sp³-hybridized carbons (Fsp3) is 0.611. The van der Waals surface area contributed by atoms with Crippen molar-refractivity contribution >= 4 is 6.03 Å². The highest BCUT2D eigenvalue weighted by molar-refractivity contribution is 5.74. The summed E-state index contributed by atoms with van der Waals surface area (Å²) in [5.41, 5.74) is 2.47. The van der Waals surface area contributed by atoms with Crippen LogP contribution in [0, 0.1) is 0 Å². The number of hydrogen-bond donors (Lipinski definition) is 2. The molecule has 2 amide bonds. The third-order valence-electron chi connectivity index (χ3n) is 4.47. The molecule has 0 saturated heterocycles. The van der Waals surface area contributed by atoms with Crippen molar-refractivity contribution in [3.8, 4) is 0 Å². The molecule has 0 bridgehead atoms. The molecule has 1 aliphatic carbocycles. The zero-order chi connectivity index (χ0) is 15.8. The summed E-state index contributed by atoms with van der Waals surface area (Å²) in [5.74, 6) is 0. The van der Waals surface area contributed by atoms with Crippen LogP contribution < -0.4 is 10.6 Å². The van der Waals surface area contributed by atoms with Gasteiger partial charge in [0, 0.05) is 19.1 Å². The first-order valence-corrected chi connectivity index (χ1v) is 8.55. The third kappa shape index (κ3) is 5.34. The van der Waals surface area contributed by atoms with E-state index in [4.69, 9.17) is 0 Å². The fourth-order valence-electron chi connectivity index (χ4n) is 2.96. The van der Waals surface area contributed by atoms with Crippen molar-refractivity contribution in [3.05, 3.63) is 35.4 Å². The van der Waals surface area contributed by atoms with Gasteiger partial charge in [0.2, 0.25) is 0 Å². The summed E-state index contributed by atoms with van der Waals surface area (Å²) in [7, 11) is 0. The Kier molecular flexibility index (Phi) is 6.72. The third-order valence-corrected chi connectivity index (χ3v) is 4.47. The predicted octanol–water partition coefficient (Wildman–Crippen LogP) is 3.27. The molecule has 1 saturated carbocycles. The molecule has 0 unspecified atom stereocenters. The van der Waals surface area contributed by atoms with E-state index >= 15 is 0 Å². The summed E-state index contributed by atoms with van der Waals surface area (Å²) in [6, 6.07) is 8.85. The van der Waals surface area contributed by atoms with Crippen LogP contribution in [-0.4, -0.2) is 30.1 Å². The van der Waals surface area contributed by atoms with Gasteiger partial charge in [-0.3, -0.25) is 4.90 Å². The van der Waals surface area contributed by atoms with Crippen LogP contribution in [0.2, 0.25) is 0 Å². The zero-order valence-electron chi connectivity index (χ0n) is 13.9. The van der Waals surface area contributed by atoms with Gasteiger partial charge in [-0.25, -0.2) is 4.79 Å². The molecule has 0 aliphatic heterocycles. The van der Waals surface area contributed by atoms with Gasteiger partial charge in [-0.2, -0.15) is 0 Å². The first kappa shape index (κ1) is 16.8. The molecule has 2 rings (SSSR count). The van der Waals surface area contributed by atoms with E-state index in [2.05, 4.69) is 53.6 Å². The number of nitrogens with zero attached hydrogens (tertiary/aromatic N) is 1. The standard InChI is InChI=1S/C18H29N3O/c1-3-21(4-2)14-16-11-9-15(10-12-16)13-19-18(22)20-17-7-5-6-8-17/h9-12,17H,3-8,13-14H2,1-2H3,(H2,19,20,22). The maximum Gasteiger partial charge on any atom is 0.315 e. The molecule has 1 aromatic rings. The quantitative estimate of drug-likeness (QED) is 0.812. The van der Waals surface area contributed by atoms with Gasteiger partial charge in [0.15, 0.2) is 0 Å². The van der Waals surface area contributed by atoms with Crippen molar-refractivity contribution in [1.29, 1.82) is 0 Å². The Morgan fingerprint density at radius 3 is 2.27 bits per heavy atom. The number of benzene rings is 1. The fourth-order valence-corrected chi connectivity index (χ4v) is 2.96. The van der Waals surface area contributed by atoms with Gasteiger partial charge in [-0.15, -0.1) is 0 Å². The average molecular weight is 303 g/mol. The Hall–Kier alpha value is -1.55. The summed E-state index contributed by atoms with van der Waals surface area (Å²) in [4.78, 5) is 14.2. The van der Waals surface area contributed by atoms with Crippen LogP contribution in [0.3, 0.4) is 0 Å². The van der Waals surface area contributed by atoms with Crippen LogP contribution in [0.15, 0.2) is 24.3 Å². The number of hydrogen-bond acceptors (Lipinski definition) is 2. The molecular weight excluding hydrogens is 274 g/mol. The van der Waals surface area contributed by atoms with Crippen molar-refractivity contribution in [2.75, 3.05) is 13.1 Å². The van der Waals surface area contributed by atoms with E-state index in [0.29, 0.717) is 12.6 Å². The van der Waals surface area contributed by atoms with Crippen LogP contribution in [0.4, 0.5) is 4.79 Å². The first-order chi connectivity index (χ1) is 10.7. The lowest BCUT2D eigenvalue weighted by Gasteiger charge is -2.18. The van der Waals surface area contributed by atoms with E-state index in [1.807, 2.05) is 0 Å². The molecule has 0 heterocycles. The molecule has 1 aliphatic rings. The van der Waals surface area contributed by atoms with Crippen LogP contribution >= 0.6 is 0 Å². The second kappa shape index (κ2) is 8.79. The lowest BCUT2D eigenvalue weighted by molar-refractivity contribution is 0.236. The van der Waals surface area contributed by atoms with E-state index in [1.165, 1.54) is 18.4 Å². The minimum Gasteiger partial charge on any atom is -0.335 e. The zero-order valence-corrected chi connectivity index (χ0v) is 13.9. The molecule has 4 nitrogen and oxygen atoms in total. The Bertz CT molecular complexity index is 448. The molecule has 1 fully saturated rings. The highest BCUT2D eigenvalue weighted by Gasteiger charge is 2.16. The lowest BCUT2D eigenvalue weighted by Crippen LogP contribution is -2.40. The SMILES string of the molecule is CCN(CC)Cc1ccc(CNC(=O)NC2CCCC2)cc1. The highest BCUT2D eigenvalue weighted by Crippen LogP contribution is 2.17. The maximum atomic E-state index is 11.8. The van der Waals surface area contributed by atoms with Gasteiger partial charge < -0.3 is 10.6 Å². The van der Waals surface area contributed by atoms with Gasteiger partial charge in [0.1, 0.15) is 0 Å². The van der Waals surface area contributed by atoms with Crippen molar-refractivity contribution < 1.29 is 4.79 Å². The van der Waals surface area contributed by atoms with Crippen molar-refractivity contribution in [1.82, 2.24) is 15.5 Å². The molecular formula is C18H29N3O. The molecule has 0 spiro atoms. The summed E-state index contributed by atoms with van der Waals surface area (Å²) in [6.07, 6.45) is 4.71. The minimum absolute atomic E-state index is 0.0425. The predicted molar refractivity (Wildman–Crippen MR) is 90.7 cm³/mol. The normalized spacial score (nSPS) is 15.2. The number of nitrogens with one attached hydrogen (secondary N) is 2. The van der Waals surface area contributed by atoms with Crippen LogP contribution in [0.25, 0.3) is 0 Å². The van der Waals surface area contributed by atoms with E-state index in [-0.39, 0.29) is 6.03 Å². The topological polar surface area (TPSA) is 44.4 Å². The van der Waals surface area contributed by atoms with Gasteiger partial charge in [0.05, 0.1) is 0 Å². The van der Waals surface area contributed by atoms with Gasteiger partial charge in [0.25, 0.3) is 0 Å². The smallest absolute Gasteiger partial charge is 0.315 e. The summed E-state index contributed by atoms with van der Waals surface area (Å²) in [6.45, 7) is 8.09. The van der Waals surface area contributed by atoms with E-state index in [9.17, 15) is 4.79 Å². The monoisotopic (exact) mass is 303 g/mol. The summed E-state index contributed by atoms with van der Waals surface area (Å²) >= 11 is 0. The number of carbonyl (C=O) groups excluding carboxylic acids is 1. The molecule has 1 aromatic carbocycles. The Balaban J connectivity index is 1.74. The van der Waals surface area contributed by atoms with Crippen molar-refractivity contribution in [2.45, 2.75) is 58.7 Å². The second-order valence-electron chi connectivity index (χ2n) is 6.09. The molecule has 22 heavy (non-hydrogen) atoms. The largest absolute Gasteiger partial charge is 0.335 e. The molecule has 0 radical (unpaired) electrons. The summed E-state index contributed by atoms with van der Waals surface area (Å²) in [5, 5.41) is 5.99.